The third-order valence-corrected chi connectivity index (χ3v) is 3.25. The van der Waals surface area contributed by atoms with E-state index < -0.39 is 0 Å². The lowest BCUT2D eigenvalue weighted by atomic mass is 10.3. The van der Waals surface area contributed by atoms with Crippen molar-refractivity contribution in [3.63, 3.8) is 0 Å². The van der Waals surface area contributed by atoms with Crippen molar-refractivity contribution in [1.82, 2.24) is 5.16 Å². The van der Waals surface area contributed by atoms with Crippen molar-refractivity contribution in [1.29, 1.82) is 0 Å². The molecule has 0 bridgehead atoms. The summed E-state index contributed by atoms with van der Waals surface area (Å²) in [4.78, 5) is 12.2. The van der Waals surface area contributed by atoms with Crippen LogP contribution in [0.3, 0.4) is 0 Å². The van der Waals surface area contributed by atoms with Gasteiger partial charge < -0.3 is 13.7 Å². The average molecular weight is 275 g/mol. The van der Waals surface area contributed by atoms with Crippen LogP contribution < -0.4 is 0 Å². The molecule has 0 radical (unpaired) electrons. The molecule has 0 saturated heterocycles. The molecule has 0 atom stereocenters. The molecule has 3 rings (SSSR count). The molecule has 0 spiro atoms. The van der Waals surface area contributed by atoms with E-state index in [1.807, 2.05) is 5.38 Å². The summed E-state index contributed by atoms with van der Waals surface area (Å²) in [7, 11) is 0. The molecular weight excluding hydrogens is 266 g/mol. The number of rotatable bonds is 4. The molecule has 0 aromatic carbocycles. The fourth-order valence-electron chi connectivity index (χ4n) is 1.52. The van der Waals surface area contributed by atoms with Crippen LogP contribution in [-0.2, 0) is 11.3 Å². The first-order chi connectivity index (χ1) is 9.33. The topological polar surface area (TPSA) is 65.5 Å². The van der Waals surface area contributed by atoms with Crippen LogP contribution in [0.1, 0.15) is 15.4 Å². The van der Waals surface area contributed by atoms with Crippen LogP contribution >= 0.6 is 11.3 Å². The molecule has 0 fully saturated rings. The largest absolute Gasteiger partial charge is 0.461 e. The zero-order valence-corrected chi connectivity index (χ0v) is 10.6. The van der Waals surface area contributed by atoms with E-state index in [0.29, 0.717) is 22.1 Å². The van der Waals surface area contributed by atoms with Crippen LogP contribution in [0.5, 0.6) is 0 Å². The highest BCUT2D eigenvalue weighted by molar-refractivity contribution is 7.11. The number of aromatic nitrogens is 1. The van der Waals surface area contributed by atoms with E-state index in [4.69, 9.17) is 13.7 Å². The standard InChI is InChI=1S/C13H9NO4S/c15-13(12-4-2-6-19-12)17-8-9-7-11(18-14-9)10-3-1-5-16-10/h1-7H,8H2. The van der Waals surface area contributed by atoms with E-state index in [2.05, 4.69) is 5.16 Å². The maximum Gasteiger partial charge on any atom is 0.348 e. The molecule has 3 heterocycles. The zero-order chi connectivity index (χ0) is 13.1. The Bertz CT molecular complexity index is 655. The van der Waals surface area contributed by atoms with Crippen molar-refractivity contribution in [2.45, 2.75) is 6.61 Å². The van der Waals surface area contributed by atoms with Crippen molar-refractivity contribution < 1.29 is 18.5 Å². The third-order valence-electron chi connectivity index (χ3n) is 2.40. The predicted octanol–water partition coefficient (Wildman–Crippen LogP) is 3.35. The molecule has 19 heavy (non-hydrogen) atoms. The Morgan fingerprint density at radius 2 is 2.26 bits per heavy atom. The number of carbonyl (C=O) groups is 1. The second-order valence-corrected chi connectivity index (χ2v) is 4.66. The number of ether oxygens (including phenoxy) is 1. The molecule has 0 aliphatic carbocycles. The van der Waals surface area contributed by atoms with Crippen molar-refractivity contribution in [2.24, 2.45) is 0 Å². The molecular formula is C13H9NO4S. The lowest BCUT2D eigenvalue weighted by Crippen LogP contribution is -2.03. The molecule has 6 heteroatoms. The van der Waals surface area contributed by atoms with Gasteiger partial charge in [0, 0.05) is 6.07 Å². The molecule has 5 nitrogen and oxygen atoms in total. The van der Waals surface area contributed by atoms with E-state index >= 15 is 0 Å². The van der Waals surface area contributed by atoms with Crippen molar-refractivity contribution in [2.75, 3.05) is 0 Å². The molecule has 0 aliphatic heterocycles. The summed E-state index contributed by atoms with van der Waals surface area (Å²) in [6.45, 7) is 0.0704. The van der Waals surface area contributed by atoms with Gasteiger partial charge in [-0.25, -0.2) is 4.79 Å². The first-order valence-electron chi connectivity index (χ1n) is 5.53. The SMILES string of the molecule is O=C(OCc1cc(-c2ccco2)on1)c1cccs1. The van der Waals surface area contributed by atoms with Gasteiger partial charge in [0.05, 0.1) is 6.26 Å². The van der Waals surface area contributed by atoms with Gasteiger partial charge in [-0.2, -0.15) is 0 Å². The summed E-state index contributed by atoms with van der Waals surface area (Å²) < 4.78 is 15.4. The Morgan fingerprint density at radius 3 is 3.00 bits per heavy atom. The Labute approximate surface area is 112 Å². The first-order valence-corrected chi connectivity index (χ1v) is 6.41. The van der Waals surface area contributed by atoms with Gasteiger partial charge in [0.1, 0.15) is 17.2 Å². The second kappa shape index (κ2) is 5.11. The molecule has 0 unspecified atom stereocenters. The van der Waals surface area contributed by atoms with Crippen molar-refractivity contribution in [3.8, 4) is 11.5 Å². The average Bonchev–Trinajstić information content (AvgIpc) is 3.14. The van der Waals surface area contributed by atoms with E-state index in [1.165, 1.54) is 11.3 Å². The summed E-state index contributed by atoms with van der Waals surface area (Å²) in [6, 6.07) is 8.72. The van der Waals surface area contributed by atoms with Gasteiger partial charge in [-0.15, -0.1) is 11.3 Å². The minimum Gasteiger partial charge on any atom is -0.461 e. The zero-order valence-electron chi connectivity index (χ0n) is 9.74. The van der Waals surface area contributed by atoms with E-state index in [0.717, 1.165) is 0 Å². The second-order valence-electron chi connectivity index (χ2n) is 3.71. The van der Waals surface area contributed by atoms with Crippen molar-refractivity contribution in [3.05, 3.63) is 52.5 Å². The monoisotopic (exact) mass is 275 g/mol. The highest BCUT2D eigenvalue weighted by Crippen LogP contribution is 2.21. The van der Waals surface area contributed by atoms with Crippen LogP contribution in [0, 0.1) is 0 Å². The molecule has 96 valence electrons. The van der Waals surface area contributed by atoms with E-state index in [1.54, 1.807) is 36.6 Å². The van der Waals surface area contributed by atoms with Crippen LogP contribution in [0.25, 0.3) is 11.5 Å². The van der Waals surface area contributed by atoms with Gasteiger partial charge in [0.2, 0.25) is 5.76 Å². The highest BCUT2D eigenvalue weighted by atomic mass is 32.1. The Balaban J connectivity index is 1.63. The Morgan fingerprint density at radius 1 is 1.32 bits per heavy atom. The minimum atomic E-state index is -0.363. The van der Waals surface area contributed by atoms with Crippen LogP contribution in [0.2, 0.25) is 0 Å². The molecule has 0 N–H and O–H groups in total. The summed E-state index contributed by atoms with van der Waals surface area (Å²) in [5.74, 6) is 0.730. The summed E-state index contributed by atoms with van der Waals surface area (Å²) >= 11 is 1.34. The van der Waals surface area contributed by atoms with Gasteiger partial charge in [0.25, 0.3) is 0 Å². The van der Waals surface area contributed by atoms with Gasteiger partial charge in [0.15, 0.2) is 5.76 Å². The normalized spacial score (nSPS) is 10.5. The predicted molar refractivity (Wildman–Crippen MR) is 67.6 cm³/mol. The maximum atomic E-state index is 11.6. The number of esters is 1. The molecule has 3 aromatic rings. The Hall–Kier alpha value is -2.34. The maximum absolute atomic E-state index is 11.6. The lowest BCUT2D eigenvalue weighted by Gasteiger charge is -1.98. The molecule has 3 aromatic heterocycles. The van der Waals surface area contributed by atoms with E-state index in [-0.39, 0.29) is 12.6 Å². The number of furan rings is 1. The fraction of sp³-hybridized carbons (Fsp3) is 0.0769. The fourth-order valence-corrected chi connectivity index (χ4v) is 2.14. The number of nitrogens with zero attached hydrogens (tertiary/aromatic N) is 1. The minimum absolute atomic E-state index is 0.0704. The Kier molecular flexibility index (Phi) is 3.16. The summed E-state index contributed by atoms with van der Waals surface area (Å²) in [5, 5.41) is 5.64. The summed E-state index contributed by atoms with van der Waals surface area (Å²) in [6.07, 6.45) is 1.55. The highest BCUT2D eigenvalue weighted by Gasteiger charge is 2.12. The van der Waals surface area contributed by atoms with E-state index in [9.17, 15) is 4.79 Å². The summed E-state index contributed by atoms with van der Waals surface area (Å²) in [5.41, 5.74) is 0.538. The quantitative estimate of drug-likeness (QED) is 0.683. The van der Waals surface area contributed by atoms with Gasteiger partial charge >= 0.3 is 5.97 Å². The number of hydrogen-bond acceptors (Lipinski definition) is 6. The first kappa shape index (κ1) is 11.7. The molecule has 0 aliphatic rings. The van der Waals surface area contributed by atoms with Crippen LogP contribution in [0.15, 0.2) is 50.9 Å². The number of thiophene rings is 1. The molecule has 0 saturated carbocycles. The number of carbonyl (C=O) groups excluding carboxylic acids is 1. The smallest absolute Gasteiger partial charge is 0.348 e. The van der Waals surface area contributed by atoms with Crippen molar-refractivity contribution >= 4 is 17.3 Å². The van der Waals surface area contributed by atoms with Crippen LogP contribution in [-0.4, -0.2) is 11.1 Å². The lowest BCUT2D eigenvalue weighted by molar-refractivity contribution is 0.0470. The van der Waals surface area contributed by atoms with Crippen LogP contribution in [0.4, 0.5) is 0 Å². The van der Waals surface area contributed by atoms with Gasteiger partial charge in [-0.05, 0) is 23.6 Å². The van der Waals surface area contributed by atoms with Gasteiger partial charge in [-0.1, -0.05) is 11.2 Å². The number of hydrogen-bond donors (Lipinski definition) is 0. The third kappa shape index (κ3) is 2.58. The van der Waals surface area contributed by atoms with Gasteiger partial charge in [-0.3, -0.25) is 0 Å². The molecule has 0 amide bonds.